The first-order valence-corrected chi connectivity index (χ1v) is 8.49. The van der Waals surface area contributed by atoms with Crippen LogP contribution in [0, 0.1) is 17.3 Å². The van der Waals surface area contributed by atoms with E-state index in [1.165, 1.54) is 37.2 Å². The Hall–Kier alpha value is -0.820. The van der Waals surface area contributed by atoms with Crippen LogP contribution in [0.3, 0.4) is 0 Å². The molecule has 2 rings (SSSR count). The molecule has 0 bridgehead atoms. The molecule has 1 aliphatic rings. The molecule has 0 spiro atoms. The van der Waals surface area contributed by atoms with Crippen LogP contribution < -0.4 is 0 Å². The lowest BCUT2D eigenvalue weighted by Gasteiger charge is -2.26. The van der Waals surface area contributed by atoms with Crippen LogP contribution in [-0.2, 0) is 6.54 Å². The van der Waals surface area contributed by atoms with E-state index in [0.717, 1.165) is 12.1 Å². The second-order valence-electron chi connectivity index (χ2n) is 5.74. The molecule has 1 saturated heterocycles. The van der Waals surface area contributed by atoms with Gasteiger partial charge in [0.05, 0.1) is 6.61 Å². The normalized spacial score (nSPS) is 17.9. The van der Waals surface area contributed by atoms with Gasteiger partial charge >= 0.3 is 0 Å². The number of aliphatic hydroxyl groups excluding tert-OH is 1. The smallest absolute Gasteiger partial charge is 0.0540 e. The van der Waals surface area contributed by atoms with Gasteiger partial charge in [-0.2, -0.15) is 0 Å². The van der Waals surface area contributed by atoms with Gasteiger partial charge in [0, 0.05) is 35.3 Å². The highest BCUT2D eigenvalue weighted by atomic mass is 32.1. The largest absolute Gasteiger partial charge is 0.395 e. The maximum absolute atomic E-state index is 8.73. The van der Waals surface area contributed by atoms with Gasteiger partial charge < -0.3 is 5.11 Å². The topological polar surface area (TPSA) is 23.5 Å². The molecule has 0 aliphatic carbocycles. The third kappa shape index (κ3) is 3.85. The molecule has 0 amide bonds. The second kappa shape index (κ2) is 7.26. The van der Waals surface area contributed by atoms with Gasteiger partial charge in [0.25, 0.3) is 0 Å². The van der Waals surface area contributed by atoms with Crippen molar-refractivity contribution in [3.05, 3.63) is 21.9 Å². The van der Waals surface area contributed by atoms with Gasteiger partial charge in [-0.05, 0) is 37.3 Å². The summed E-state index contributed by atoms with van der Waals surface area (Å²) in [7, 11) is 0. The van der Waals surface area contributed by atoms with Crippen molar-refractivity contribution in [1.82, 2.24) is 4.90 Å². The van der Waals surface area contributed by atoms with Crippen molar-refractivity contribution in [2.75, 3.05) is 19.7 Å². The van der Waals surface area contributed by atoms with Crippen LogP contribution in [0.2, 0.25) is 0 Å². The minimum Gasteiger partial charge on any atom is -0.395 e. The van der Waals surface area contributed by atoms with E-state index in [4.69, 9.17) is 5.11 Å². The average molecular weight is 291 g/mol. The van der Waals surface area contributed by atoms with E-state index in [-0.39, 0.29) is 6.61 Å². The molecule has 2 nitrogen and oxygen atoms in total. The third-order valence-corrected chi connectivity index (χ3v) is 5.44. The summed E-state index contributed by atoms with van der Waals surface area (Å²) in [5.74, 6) is 6.09. The Labute approximate surface area is 126 Å². The molecule has 3 heteroatoms. The van der Waals surface area contributed by atoms with Crippen LogP contribution in [0.5, 0.6) is 0 Å². The predicted molar refractivity (Wildman–Crippen MR) is 85.8 cm³/mol. The molecule has 1 aromatic rings. The van der Waals surface area contributed by atoms with Gasteiger partial charge in [0.15, 0.2) is 0 Å². The zero-order chi connectivity index (χ0) is 14.4. The summed E-state index contributed by atoms with van der Waals surface area (Å²) in [6.07, 6.45) is 4.49. The summed E-state index contributed by atoms with van der Waals surface area (Å²) in [5.41, 5.74) is 1.65. The minimum atomic E-state index is 0.147. The molecule has 1 aromatic heterocycles. The summed E-state index contributed by atoms with van der Waals surface area (Å²) in [6, 6.07) is 2.20. The third-order valence-electron chi connectivity index (χ3n) is 4.52. The molecule has 0 atom stereocenters. The van der Waals surface area contributed by atoms with Crippen LogP contribution in [0.1, 0.15) is 50.0 Å². The monoisotopic (exact) mass is 291 g/mol. The predicted octanol–water partition coefficient (Wildman–Crippen LogP) is 3.49. The fourth-order valence-electron chi connectivity index (χ4n) is 2.96. The molecule has 0 radical (unpaired) electrons. The van der Waals surface area contributed by atoms with Gasteiger partial charge in [0.1, 0.15) is 0 Å². The molecule has 1 fully saturated rings. The van der Waals surface area contributed by atoms with Gasteiger partial charge in [-0.1, -0.05) is 25.7 Å². The van der Waals surface area contributed by atoms with Crippen LogP contribution in [-0.4, -0.2) is 29.7 Å². The lowest BCUT2D eigenvalue weighted by Crippen LogP contribution is -2.25. The maximum atomic E-state index is 8.73. The summed E-state index contributed by atoms with van der Waals surface area (Å²) in [5, 5.41) is 10.9. The van der Waals surface area contributed by atoms with Crippen LogP contribution in [0.25, 0.3) is 0 Å². The van der Waals surface area contributed by atoms with E-state index < -0.39 is 0 Å². The standard InChI is InChI=1S/C17H25NOS/c1-3-17(4-2)8-9-18(14-17)12-16-11-15(13-20-16)7-5-6-10-19/h11,13,19H,3-4,6,8-10,12,14H2,1-2H3. The Morgan fingerprint density at radius 2 is 2.20 bits per heavy atom. The van der Waals surface area contributed by atoms with Crippen molar-refractivity contribution in [3.8, 4) is 11.8 Å². The highest BCUT2D eigenvalue weighted by Gasteiger charge is 2.34. The first-order chi connectivity index (χ1) is 9.71. The first kappa shape index (κ1) is 15.6. The van der Waals surface area contributed by atoms with Gasteiger partial charge in [-0.15, -0.1) is 11.3 Å². The Morgan fingerprint density at radius 3 is 2.85 bits per heavy atom. The van der Waals surface area contributed by atoms with Crippen molar-refractivity contribution >= 4 is 11.3 Å². The van der Waals surface area contributed by atoms with E-state index in [1.54, 1.807) is 11.3 Å². The number of hydrogen-bond acceptors (Lipinski definition) is 3. The number of aliphatic hydroxyl groups is 1. The number of nitrogens with zero attached hydrogens (tertiary/aromatic N) is 1. The van der Waals surface area contributed by atoms with E-state index in [1.807, 2.05) is 0 Å². The molecule has 1 aliphatic heterocycles. The Bertz CT molecular complexity index is 479. The Kier molecular flexibility index (Phi) is 5.65. The van der Waals surface area contributed by atoms with Crippen LogP contribution in [0.4, 0.5) is 0 Å². The van der Waals surface area contributed by atoms with Crippen molar-refractivity contribution < 1.29 is 5.11 Å². The van der Waals surface area contributed by atoms with Crippen LogP contribution >= 0.6 is 11.3 Å². The van der Waals surface area contributed by atoms with Crippen molar-refractivity contribution in [3.63, 3.8) is 0 Å². The molecule has 20 heavy (non-hydrogen) atoms. The quantitative estimate of drug-likeness (QED) is 0.839. The number of rotatable bonds is 5. The highest BCUT2D eigenvalue weighted by molar-refractivity contribution is 7.10. The number of likely N-dealkylation sites (tertiary alicyclic amines) is 1. The number of thiophene rings is 1. The fraction of sp³-hybridized carbons (Fsp3) is 0.647. The lowest BCUT2D eigenvalue weighted by atomic mass is 9.82. The zero-order valence-electron chi connectivity index (χ0n) is 12.6. The summed E-state index contributed by atoms with van der Waals surface area (Å²) < 4.78 is 0. The Morgan fingerprint density at radius 1 is 1.40 bits per heavy atom. The van der Waals surface area contributed by atoms with Gasteiger partial charge in [-0.3, -0.25) is 4.90 Å². The van der Waals surface area contributed by atoms with Gasteiger partial charge in [-0.25, -0.2) is 0 Å². The fourth-order valence-corrected chi connectivity index (χ4v) is 3.82. The first-order valence-electron chi connectivity index (χ1n) is 7.61. The minimum absolute atomic E-state index is 0.147. The second-order valence-corrected chi connectivity index (χ2v) is 6.74. The lowest BCUT2D eigenvalue weighted by molar-refractivity contribution is 0.237. The highest BCUT2D eigenvalue weighted by Crippen LogP contribution is 2.37. The average Bonchev–Trinajstić information content (AvgIpc) is 3.07. The molecule has 0 unspecified atom stereocenters. The van der Waals surface area contributed by atoms with Crippen LogP contribution in [0.15, 0.2) is 11.4 Å². The van der Waals surface area contributed by atoms with E-state index in [0.29, 0.717) is 11.8 Å². The molecular weight excluding hydrogens is 266 g/mol. The van der Waals surface area contributed by atoms with Crippen molar-refractivity contribution in [2.45, 2.75) is 46.1 Å². The zero-order valence-corrected chi connectivity index (χ0v) is 13.4. The molecule has 0 saturated carbocycles. The van der Waals surface area contributed by atoms with Gasteiger partial charge in [0.2, 0.25) is 0 Å². The summed E-state index contributed by atoms with van der Waals surface area (Å²) in [6.45, 7) is 8.33. The van der Waals surface area contributed by atoms with Crippen molar-refractivity contribution in [2.24, 2.45) is 5.41 Å². The SMILES string of the molecule is CCC1(CC)CCN(Cc2cc(C#CCCO)cs2)C1. The molecule has 1 N–H and O–H groups in total. The van der Waals surface area contributed by atoms with E-state index in [9.17, 15) is 0 Å². The van der Waals surface area contributed by atoms with E-state index >= 15 is 0 Å². The van der Waals surface area contributed by atoms with Crippen molar-refractivity contribution in [1.29, 1.82) is 0 Å². The maximum Gasteiger partial charge on any atom is 0.0540 e. The Balaban J connectivity index is 1.91. The number of hydrogen-bond donors (Lipinski definition) is 1. The van der Waals surface area contributed by atoms with E-state index in [2.05, 4.69) is 42.0 Å². The molecule has 110 valence electrons. The molecular formula is C17H25NOS. The summed E-state index contributed by atoms with van der Waals surface area (Å²) in [4.78, 5) is 3.99. The molecule has 2 heterocycles. The molecule has 0 aromatic carbocycles. The summed E-state index contributed by atoms with van der Waals surface area (Å²) >= 11 is 1.80.